The molecular formula is C19H20N4O. The highest BCUT2D eigenvalue weighted by atomic mass is 16.2. The van der Waals surface area contributed by atoms with E-state index in [0.29, 0.717) is 17.6 Å². The van der Waals surface area contributed by atoms with Crippen LogP contribution in [0.4, 0.5) is 10.5 Å². The van der Waals surface area contributed by atoms with Gasteiger partial charge in [0.2, 0.25) is 0 Å². The van der Waals surface area contributed by atoms with Crippen molar-refractivity contribution in [1.29, 1.82) is 5.26 Å². The second-order valence-corrected chi connectivity index (χ2v) is 6.76. The number of piperidine rings is 1. The number of nitrogens with two attached hydrogens (primary N) is 1. The summed E-state index contributed by atoms with van der Waals surface area (Å²) < 4.78 is 0. The third-order valence-corrected chi connectivity index (χ3v) is 5.38. The Bertz CT molecular complexity index is 827. The number of carbonyl (C=O) groups is 1. The van der Waals surface area contributed by atoms with Crippen LogP contribution in [0.5, 0.6) is 0 Å². The minimum atomic E-state index is -0.434. The lowest BCUT2D eigenvalue weighted by atomic mass is 9.94. The zero-order valence-corrected chi connectivity index (χ0v) is 13.4. The highest BCUT2D eigenvalue weighted by Gasteiger charge is 2.41. The smallest absolute Gasteiger partial charge is 0.312 e. The molecule has 2 saturated heterocycles. The monoisotopic (exact) mass is 320 g/mol. The minimum absolute atomic E-state index is 0.167. The van der Waals surface area contributed by atoms with E-state index in [9.17, 15) is 10.1 Å². The van der Waals surface area contributed by atoms with Crippen molar-refractivity contribution in [2.45, 2.75) is 43.8 Å². The van der Waals surface area contributed by atoms with Gasteiger partial charge in [0.1, 0.15) is 0 Å². The highest BCUT2D eigenvalue weighted by molar-refractivity contribution is 5.98. The second kappa shape index (κ2) is 5.72. The van der Waals surface area contributed by atoms with Crippen molar-refractivity contribution in [3.63, 3.8) is 0 Å². The van der Waals surface area contributed by atoms with Crippen molar-refractivity contribution in [1.82, 2.24) is 5.32 Å². The fraction of sp³-hybridized carbons (Fsp3) is 0.368. The van der Waals surface area contributed by atoms with Gasteiger partial charge in [0.05, 0.1) is 11.6 Å². The number of amides is 2. The van der Waals surface area contributed by atoms with Crippen molar-refractivity contribution >= 4 is 22.5 Å². The fourth-order valence-electron chi connectivity index (χ4n) is 4.50. The van der Waals surface area contributed by atoms with Crippen LogP contribution in [0.2, 0.25) is 0 Å². The number of hydrogen-bond donors (Lipinski definition) is 2. The Kier molecular flexibility index (Phi) is 3.53. The number of urea groups is 1. The molecule has 2 unspecified atom stereocenters. The van der Waals surface area contributed by atoms with E-state index in [1.54, 1.807) is 0 Å². The molecule has 5 nitrogen and oxygen atoms in total. The molecule has 0 aromatic heterocycles. The molecule has 122 valence electrons. The molecule has 5 heteroatoms. The number of carbonyl (C=O) groups excluding carboxylic acids is 1. The molecule has 2 aliphatic heterocycles. The third kappa shape index (κ3) is 2.35. The number of benzene rings is 2. The zero-order chi connectivity index (χ0) is 16.7. The number of nitrogens with one attached hydrogen (secondary N) is 1. The molecule has 0 spiro atoms. The summed E-state index contributed by atoms with van der Waals surface area (Å²) in [6, 6.07) is 15.0. The summed E-state index contributed by atoms with van der Waals surface area (Å²) >= 11 is 0. The van der Waals surface area contributed by atoms with Crippen LogP contribution in [0, 0.1) is 11.3 Å². The van der Waals surface area contributed by atoms with Gasteiger partial charge in [-0.25, -0.2) is 4.79 Å². The molecule has 2 heterocycles. The van der Waals surface area contributed by atoms with Gasteiger partial charge >= 0.3 is 6.03 Å². The summed E-state index contributed by atoms with van der Waals surface area (Å²) in [5.74, 6) is 0. The molecule has 3 N–H and O–H groups in total. The second-order valence-electron chi connectivity index (χ2n) is 6.76. The van der Waals surface area contributed by atoms with E-state index in [2.05, 4.69) is 28.4 Å². The van der Waals surface area contributed by atoms with Crippen LogP contribution >= 0.6 is 0 Å². The Morgan fingerprint density at radius 1 is 1.12 bits per heavy atom. The molecule has 2 aromatic carbocycles. The van der Waals surface area contributed by atoms with Gasteiger partial charge in [0.15, 0.2) is 0 Å². The Morgan fingerprint density at radius 3 is 2.42 bits per heavy atom. The number of rotatable bonds is 2. The van der Waals surface area contributed by atoms with Crippen molar-refractivity contribution in [3.05, 3.63) is 42.0 Å². The molecule has 0 radical (unpaired) electrons. The van der Waals surface area contributed by atoms with Gasteiger partial charge in [0, 0.05) is 34.6 Å². The molecule has 24 heavy (non-hydrogen) atoms. The van der Waals surface area contributed by atoms with Crippen molar-refractivity contribution in [3.8, 4) is 6.07 Å². The maximum Gasteiger partial charge on any atom is 0.312 e. The van der Waals surface area contributed by atoms with Gasteiger partial charge in [-0.3, -0.25) is 0 Å². The average Bonchev–Trinajstić information content (AvgIpc) is 2.83. The number of hydrogen-bond acceptors (Lipinski definition) is 3. The SMILES string of the molecule is N#Cc1ccc(N2C3CCC2CC(NC(N)=O)C3)c2ccccc12. The Hall–Kier alpha value is -2.74. The summed E-state index contributed by atoms with van der Waals surface area (Å²) in [6.07, 6.45) is 4.12. The molecule has 2 aromatic rings. The summed E-state index contributed by atoms with van der Waals surface area (Å²) in [5, 5.41) is 14.4. The van der Waals surface area contributed by atoms with E-state index in [0.717, 1.165) is 36.5 Å². The predicted octanol–water partition coefficient (Wildman–Crippen LogP) is 2.88. The van der Waals surface area contributed by atoms with Gasteiger partial charge in [-0.15, -0.1) is 0 Å². The molecule has 4 rings (SSSR count). The lowest BCUT2D eigenvalue weighted by Gasteiger charge is -2.41. The lowest BCUT2D eigenvalue weighted by molar-refractivity contribution is 0.240. The summed E-state index contributed by atoms with van der Waals surface area (Å²) in [4.78, 5) is 13.7. The van der Waals surface area contributed by atoms with Crippen molar-refractivity contribution in [2.75, 3.05) is 4.90 Å². The topological polar surface area (TPSA) is 82.2 Å². The molecule has 2 bridgehead atoms. The normalized spacial score (nSPS) is 25.5. The molecule has 0 saturated carbocycles. The van der Waals surface area contributed by atoms with Crippen LogP contribution in [0.3, 0.4) is 0 Å². The molecule has 2 fully saturated rings. The van der Waals surface area contributed by atoms with Gasteiger partial charge in [-0.1, -0.05) is 24.3 Å². The fourth-order valence-corrected chi connectivity index (χ4v) is 4.50. The summed E-state index contributed by atoms with van der Waals surface area (Å²) in [6.45, 7) is 0. The highest BCUT2D eigenvalue weighted by Crippen LogP contribution is 2.42. The molecule has 2 atom stereocenters. The van der Waals surface area contributed by atoms with Gasteiger partial charge < -0.3 is 16.0 Å². The quantitative estimate of drug-likeness (QED) is 0.892. The van der Waals surface area contributed by atoms with Gasteiger partial charge in [0.25, 0.3) is 0 Å². The Morgan fingerprint density at radius 2 is 1.79 bits per heavy atom. The number of nitriles is 1. The van der Waals surface area contributed by atoms with Crippen LogP contribution in [0.25, 0.3) is 10.8 Å². The first kappa shape index (κ1) is 14.8. The van der Waals surface area contributed by atoms with Crippen molar-refractivity contribution in [2.24, 2.45) is 5.73 Å². The number of fused-ring (bicyclic) bond motifs is 3. The zero-order valence-electron chi connectivity index (χ0n) is 13.4. The molecule has 2 amide bonds. The van der Waals surface area contributed by atoms with Crippen LogP contribution in [-0.4, -0.2) is 24.2 Å². The van der Waals surface area contributed by atoms with Crippen molar-refractivity contribution < 1.29 is 4.79 Å². The number of nitrogens with zero attached hydrogens (tertiary/aromatic N) is 2. The first-order chi connectivity index (χ1) is 11.7. The van der Waals surface area contributed by atoms with Crippen LogP contribution in [0.15, 0.2) is 36.4 Å². The number of anilines is 1. The lowest BCUT2D eigenvalue weighted by Crippen LogP contribution is -2.51. The third-order valence-electron chi connectivity index (χ3n) is 5.38. The van der Waals surface area contributed by atoms with E-state index in [-0.39, 0.29) is 6.04 Å². The van der Waals surface area contributed by atoms with E-state index >= 15 is 0 Å². The molecule has 2 aliphatic rings. The van der Waals surface area contributed by atoms with E-state index < -0.39 is 6.03 Å². The Labute approximate surface area is 141 Å². The Balaban J connectivity index is 1.72. The summed E-state index contributed by atoms with van der Waals surface area (Å²) in [5.41, 5.74) is 7.21. The first-order valence-corrected chi connectivity index (χ1v) is 8.43. The van der Waals surface area contributed by atoms with E-state index in [1.165, 1.54) is 5.69 Å². The summed E-state index contributed by atoms with van der Waals surface area (Å²) in [7, 11) is 0. The van der Waals surface area contributed by atoms with E-state index in [1.807, 2.05) is 24.3 Å². The van der Waals surface area contributed by atoms with Crippen LogP contribution in [-0.2, 0) is 0 Å². The maximum atomic E-state index is 11.2. The van der Waals surface area contributed by atoms with Gasteiger partial charge in [-0.2, -0.15) is 5.26 Å². The standard InChI is InChI=1S/C19H20N4O/c20-11-12-5-8-18(17-4-2-1-3-16(12)17)23-14-6-7-15(23)10-13(9-14)22-19(21)24/h1-5,8,13-15H,6-7,9-10H2,(H3,21,22,24). The first-order valence-electron chi connectivity index (χ1n) is 8.43. The largest absolute Gasteiger partial charge is 0.365 e. The van der Waals surface area contributed by atoms with E-state index in [4.69, 9.17) is 5.73 Å². The number of primary amides is 1. The molecular weight excluding hydrogens is 300 g/mol. The predicted molar refractivity (Wildman–Crippen MR) is 93.7 cm³/mol. The average molecular weight is 320 g/mol. The van der Waals surface area contributed by atoms with Crippen LogP contribution in [0.1, 0.15) is 31.2 Å². The maximum absolute atomic E-state index is 11.2. The molecule has 0 aliphatic carbocycles. The van der Waals surface area contributed by atoms with Gasteiger partial charge in [-0.05, 0) is 37.8 Å². The van der Waals surface area contributed by atoms with Crippen LogP contribution < -0.4 is 16.0 Å². The minimum Gasteiger partial charge on any atom is -0.365 e.